The number of nitrogens with one attached hydrogen (secondary N) is 2. The van der Waals surface area contributed by atoms with E-state index in [4.69, 9.17) is 4.74 Å². The molecule has 0 bridgehead atoms. The van der Waals surface area contributed by atoms with Crippen LogP contribution < -0.4 is 10.6 Å². The molecule has 0 radical (unpaired) electrons. The molecule has 0 aromatic rings. The van der Waals surface area contributed by atoms with Gasteiger partial charge in [-0.2, -0.15) is 0 Å². The van der Waals surface area contributed by atoms with E-state index in [2.05, 4.69) is 29.5 Å². The molecule has 5 heteroatoms. The zero-order valence-corrected chi connectivity index (χ0v) is 12.6. The van der Waals surface area contributed by atoms with Crippen molar-refractivity contribution < 1.29 is 4.74 Å². The Morgan fingerprint density at radius 2 is 2.31 bits per heavy atom. The minimum Gasteiger partial charge on any atom is -0.381 e. The second-order valence-corrected chi connectivity index (χ2v) is 4.26. The highest BCUT2D eigenvalue weighted by atomic mass is 127. The second kappa shape index (κ2) is 10.1. The van der Waals surface area contributed by atoms with Crippen LogP contribution in [-0.4, -0.2) is 38.8 Å². The summed E-state index contributed by atoms with van der Waals surface area (Å²) in [5.41, 5.74) is 0. The zero-order valence-electron chi connectivity index (χ0n) is 10.3. The molecule has 16 heavy (non-hydrogen) atoms. The van der Waals surface area contributed by atoms with Crippen LogP contribution in [0.3, 0.4) is 0 Å². The van der Waals surface area contributed by atoms with Crippen LogP contribution in [0.1, 0.15) is 26.7 Å². The lowest BCUT2D eigenvalue weighted by Crippen LogP contribution is -2.41. The SMILES string of the molecule is CC(C)COCCCNC1=NCCCN1.I. The number of hydrogen-bond donors (Lipinski definition) is 2. The molecule has 0 amide bonds. The Bertz CT molecular complexity index is 198. The van der Waals surface area contributed by atoms with E-state index >= 15 is 0 Å². The van der Waals surface area contributed by atoms with Crippen molar-refractivity contribution in [3.63, 3.8) is 0 Å². The van der Waals surface area contributed by atoms with Gasteiger partial charge in [-0.15, -0.1) is 24.0 Å². The molecule has 0 aromatic heterocycles. The number of guanidine groups is 1. The highest BCUT2D eigenvalue weighted by molar-refractivity contribution is 14.0. The maximum Gasteiger partial charge on any atom is 0.191 e. The molecule has 0 aliphatic carbocycles. The second-order valence-electron chi connectivity index (χ2n) is 4.26. The van der Waals surface area contributed by atoms with E-state index in [-0.39, 0.29) is 24.0 Å². The van der Waals surface area contributed by atoms with Crippen LogP contribution in [0.4, 0.5) is 0 Å². The zero-order chi connectivity index (χ0) is 10.9. The third-order valence-electron chi connectivity index (χ3n) is 2.11. The van der Waals surface area contributed by atoms with Crippen molar-refractivity contribution in [1.82, 2.24) is 10.6 Å². The third-order valence-corrected chi connectivity index (χ3v) is 2.11. The van der Waals surface area contributed by atoms with Gasteiger partial charge in [-0.05, 0) is 18.8 Å². The Labute approximate surface area is 116 Å². The number of rotatable bonds is 6. The Morgan fingerprint density at radius 1 is 1.50 bits per heavy atom. The van der Waals surface area contributed by atoms with Crippen LogP contribution in [0.25, 0.3) is 0 Å². The Kier molecular flexibility index (Phi) is 10.1. The van der Waals surface area contributed by atoms with Gasteiger partial charge >= 0.3 is 0 Å². The summed E-state index contributed by atoms with van der Waals surface area (Å²) in [5, 5.41) is 6.49. The summed E-state index contributed by atoms with van der Waals surface area (Å²) in [6, 6.07) is 0. The first kappa shape index (κ1) is 16.0. The first-order valence-electron chi connectivity index (χ1n) is 5.89. The molecule has 1 heterocycles. The van der Waals surface area contributed by atoms with Crippen molar-refractivity contribution in [2.75, 3.05) is 32.8 Å². The molecule has 0 saturated carbocycles. The van der Waals surface area contributed by atoms with Gasteiger partial charge in [0.25, 0.3) is 0 Å². The van der Waals surface area contributed by atoms with E-state index in [9.17, 15) is 0 Å². The van der Waals surface area contributed by atoms with Crippen molar-refractivity contribution in [3.05, 3.63) is 0 Å². The predicted molar refractivity (Wildman–Crippen MR) is 78.6 cm³/mol. The monoisotopic (exact) mass is 341 g/mol. The first-order valence-corrected chi connectivity index (χ1v) is 5.89. The summed E-state index contributed by atoms with van der Waals surface area (Å²) in [6.45, 7) is 8.94. The van der Waals surface area contributed by atoms with Gasteiger partial charge in [0.2, 0.25) is 0 Å². The topological polar surface area (TPSA) is 45.6 Å². The maximum absolute atomic E-state index is 5.48. The molecule has 0 unspecified atom stereocenters. The lowest BCUT2D eigenvalue weighted by atomic mass is 10.2. The van der Waals surface area contributed by atoms with Crippen LogP contribution in [0.15, 0.2) is 4.99 Å². The lowest BCUT2D eigenvalue weighted by Gasteiger charge is -2.15. The molecular formula is C11H24IN3O. The number of aliphatic imine (C=N–C) groups is 1. The van der Waals surface area contributed by atoms with E-state index < -0.39 is 0 Å². The van der Waals surface area contributed by atoms with Gasteiger partial charge in [0.15, 0.2) is 5.96 Å². The lowest BCUT2D eigenvalue weighted by molar-refractivity contribution is 0.108. The first-order chi connectivity index (χ1) is 7.29. The Morgan fingerprint density at radius 3 is 2.94 bits per heavy atom. The van der Waals surface area contributed by atoms with Gasteiger partial charge < -0.3 is 15.4 Å². The normalized spacial score (nSPS) is 15.1. The Balaban J connectivity index is 0.00000225. The fourth-order valence-electron chi connectivity index (χ4n) is 1.35. The molecule has 0 spiro atoms. The molecule has 0 aromatic carbocycles. The summed E-state index contributed by atoms with van der Waals surface area (Å²) in [5.74, 6) is 1.58. The summed E-state index contributed by atoms with van der Waals surface area (Å²) >= 11 is 0. The Hall–Kier alpha value is -0.0400. The van der Waals surface area contributed by atoms with Crippen molar-refractivity contribution in [1.29, 1.82) is 0 Å². The number of nitrogens with zero attached hydrogens (tertiary/aromatic N) is 1. The van der Waals surface area contributed by atoms with E-state index in [1.807, 2.05) is 0 Å². The van der Waals surface area contributed by atoms with Gasteiger partial charge in [-0.3, -0.25) is 4.99 Å². The van der Waals surface area contributed by atoms with Crippen molar-refractivity contribution in [2.45, 2.75) is 26.7 Å². The summed E-state index contributed by atoms with van der Waals surface area (Å²) in [6.07, 6.45) is 2.18. The number of hydrogen-bond acceptors (Lipinski definition) is 4. The fraction of sp³-hybridized carbons (Fsp3) is 0.909. The predicted octanol–water partition coefficient (Wildman–Crippen LogP) is 1.61. The minimum atomic E-state index is 0. The van der Waals surface area contributed by atoms with Crippen molar-refractivity contribution >= 4 is 29.9 Å². The van der Waals surface area contributed by atoms with Gasteiger partial charge in [-0.25, -0.2) is 0 Å². The minimum absolute atomic E-state index is 0. The van der Waals surface area contributed by atoms with Gasteiger partial charge in [-0.1, -0.05) is 13.8 Å². The molecule has 96 valence electrons. The van der Waals surface area contributed by atoms with Gasteiger partial charge in [0, 0.05) is 32.8 Å². The molecule has 2 N–H and O–H groups in total. The smallest absolute Gasteiger partial charge is 0.191 e. The molecule has 0 atom stereocenters. The van der Waals surface area contributed by atoms with Crippen molar-refractivity contribution in [2.24, 2.45) is 10.9 Å². The maximum atomic E-state index is 5.48. The molecule has 0 fully saturated rings. The van der Waals surface area contributed by atoms with Crippen LogP contribution in [0.5, 0.6) is 0 Å². The largest absolute Gasteiger partial charge is 0.381 e. The summed E-state index contributed by atoms with van der Waals surface area (Å²) in [4.78, 5) is 4.33. The molecule has 4 nitrogen and oxygen atoms in total. The standard InChI is InChI=1S/C11H23N3O.HI/c1-10(2)9-15-8-4-7-14-11-12-5-3-6-13-11;/h10H,3-9H2,1-2H3,(H2,12,13,14);1H. The average Bonchev–Trinajstić information content (AvgIpc) is 2.24. The molecular weight excluding hydrogens is 317 g/mol. The highest BCUT2D eigenvalue weighted by Crippen LogP contribution is 1.93. The van der Waals surface area contributed by atoms with E-state index in [0.717, 1.165) is 51.6 Å². The molecule has 0 saturated heterocycles. The van der Waals surface area contributed by atoms with Crippen LogP contribution in [-0.2, 0) is 4.74 Å². The summed E-state index contributed by atoms with van der Waals surface area (Å²) in [7, 11) is 0. The summed E-state index contributed by atoms with van der Waals surface area (Å²) < 4.78 is 5.48. The average molecular weight is 341 g/mol. The fourth-order valence-corrected chi connectivity index (χ4v) is 1.35. The molecule has 1 aliphatic heterocycles. The van der Waals surface area contributed by atoms with Crippen molar-refractivity contribution in [3.8, 4) is 0 Å². The van der Waals surface area contributed by atoms with Crippen LogP contribution in [0.2, 0.25) is 0 Å². The van der Waals surface area contributed by atoms with E-state index in [0.29, 0.717) is 5.92 Å². The molecule has 1 aliphatic rings. The third kappa shape index (κ3) is 8.15. The van der Waals surface area contributed by atoms with E-state index in [1.165, 1.54) is 0 Å². The number of halogens is 1. The van der Waals surface area contributed by atoms with Gasteiger partial charge in [0.1, 0.15) is 0 Å². The quantitative estimate of drug-likeness (QED) is 0.570. The highest BCUT2D eigenvalue weighted by Gasteiger charge is 2.01. The molecule has 1 rings (SSSR count). The van der Waals surface area contributed by atoms with E-state index in [1.54, 1.807) is 0 Å². The van der Waals surface area contributed by atoms with Crippen LogP contribution in [0, 0.1) is 5.92 Å². The number of ether oxygens (including phenoxy) is 1. The van der Waals surface area contributed by atoms with Gasteiger partial charge in [0.05, 0.1) is 0 Å². The van der Waals surface area contributed by atoms with Crippen LogP contribution >= 0.6 is 24.0 Å².